The Morgan fingerprint density at radius 1 is 1.05 bits per heavy atom. The van der Waals surface area contributed by atoms with Crippen molar-refractivity contribution in [2.75, 3.05) is 13.1 Å². The molecule has 1 rings (SSSR count). The number of hydrogen-bond donors (Lipinski definition) is 3. The maximum Gasteiger partial charge on any atom is 0.408 e. The lowest BCUT2D eigenvalue weighted by Crippen LogP contribution is -2.53. The number of amides is 4. The van der Waals surface area contributed by atoms with E-state index < -0.39 is 35.6 Å². The fourth-order valence-corrected chi connectivity index (χ4v) is 4.01. The van der Waals surface area contributed by atoms with Crippen LogP contribution in [0.25, 0.3) is 0 Å². The highest BCUT2D eigenvalue weighted by Gasteiger charge is 2.36. The molecule has 9 nitrogen and oxygen atoms in total. The Morgan fingerprint density at radius 3 is 2.30 bits per heavy atom. The van der Waals surface area contributed by atoms with E-state index in [9.17, 15) is 19.2 Å². The molecule has 0 fully saturated rings. The van der Waals surface area contributed by atoms with E-state index >= 15 is 0 Å². The average molecular weight is 519 g/mol. The SMILES string of the molecule is CCCCCNC(=O)C(c1cccc(C)c1C)N(CCC)C(=O)C(CCC(N)=O)NC(=O)OC(C)(C)C. The number of rotatable bonds is 14. The summed E-state index contributed by atoms with van der Waals surface area (Å²) in [5.41, 5.74) is 7.22. The van der Waals surface area contributed by atoms with Gasteiger partial charge in [-0.05, 0) is 70.6 Å². The van der Waals surface area contributed by atoms with Gasteiger partial charge in [0.2, 0.25) is 17.7 Å². The first-order valence-electron chi connectivity index (χ1n) is 13.2. The first kappa shape index (κ1) is 31.9. The third-order valence-corrected chi connectivity index (χ3v) is 6.00. The topological polar surface area (TPSA) is 131 Å². The van der Waals surface area contributed by atoms with Crippen molar-refractivity contribution >= 4 is 23.8 Å². The smallest absolute Gasteiger partial charge is 0.408 e. The van der Waals surface area contributed by atoms with Gasteiger partial charge in [-0.2, -0.15) is 0 Å². The lowest BCUT2D eigenvalue weighted by molar-refractivity contribution is -0.142. The van der Waals surface area contributed by atoms with Crippen LogP contribution in [-0.2, 0) is 19.1 Å². The summed E-state index contributed by atoms with van der Waals surface area (Å²) < 4.78 is 5.35. The molecule has 0 aliphatic rings. The van der Waals surface area contributed by atoms with Gasteiger partial charge in [-0.25, -0.2) is 4.79 Å². The monoisotopic (exact) mass is 518 g/mol. The molecule has 0 aliphatic carbocycles. The fourth-order valence-electron chi connectivity index (χ4n) is 4.01. The number of carbonyl (C=O) groups excluding carboxylic acids is 4. The summed E-state index contributed by atoms with van der Waals surface area (Å²) in [4.78, 5) is 53.2. The van der Waals surface area contributed by atoms with Crippen molar-refractivity contribution in [2.45, 2.75) is 105 Å². The number of aryl methyl sites for hydroxylation is 1. The number of primary amides is 1. The van der Waals surface area contributed by atoms with Gasteiger partial charge in [0.05, 0.1) is 0 Å². The van der Waals surface area contributed by atoms with E-state index in [1.807, 2.05) is 39.0 Å². The second-order valence-electron chi connectivity index (χ2n) is 10.4. The summed E-state index contributed by atoms with van der Waals surface area (Å²) in [5.74, 6) is -1.34. The number of nitrogens with zero attached hydrogens (tertiary/aromatic N) is 1. The Labute approximate surface area is 221 Å². The van der Waals surface area contributed by atoms with Crippen molar-refractivity contribution in [2.24, 2.45) is 5.73 Å². The van der Waals surface area contributed by atoms with Gasteiger partial charge < -0.3 is 26.0 Å². The number of benzene rings is 1. The van der Waals surface area contributed by atoms with Crippen LogP contribution in [0.3, 0.4) is 0 Å². The van der Waals surface area contributed by atoms with Crippen molar-refractivity contribution < 1.29 is 23.9 Å². The number of unbranched alkanes of at least 4 members (excludes halogenated alkanes) is 2. The second kappa shape index (κ2) is 15.2. The molecule has 1 aromatic carbocycles. The van der Waals surface area contributed by atoms with Gasteiger partial charge in [-0.1, -0.05) is 44.9 Å². The Morgan fingerprint density at radius 2 is 1.73 bits per heavy atom. The largest absolute Gasteiger partial charge is 0.444 e. The molecule has 0 aliphatic heterocycles. The highest BCUT2D eigenvalue weighted by molar-refractivity contribution is 5.92. The first-order valence-corrected chi connectivity index (χ1v) is 13.2. The van der Waals surface area contributed by atoms with Crippen LogP contribution in [0.5, 0.6) is 0 Å². The molecule has 2 atom stereocenters. The predicted octanol–water partition coefficient (Wildman–Crippen LogP) is 4.05. The Hall–Kier alpha value is -3.10. The van der Waals surface area contributed by atoms with Crippen molar-refractivity contribution in [1.29, 1.82) is 0 Å². The van der Waals surface area contributed by atoms with Crippen LogP contribution in [0.2, 0.25) is 0 Å². The van der Waals surface area contributed by atoms with Crippen molar-refractivity contribution in [3.63, 3.8) is 0 Å². The van der Waals surface area contributed by atoms with E-state index in [0.29, 0.717) is 13.0 Å². The zero-order valence-corrected chi connectivity index (χ0v) is 23.6. The van der Waals surface area contributed by atoms with Crippen LogP contribution in [0, 0.1) is 13.8 Å². The standard InChI is InChI=1S/C28H46N4O5/c1-8-10-11-17-30-25(34)24(21-14-12-13-19(3)20(21)4)32(18-9-2)26(35)22(15-16-23(29)33)31-27(36)37-28(5,6)7/h12-14,22,24H,8-11,15-18H2,1-7H3,(H2,29,33)(H,30,34)(H,31,36). The normalized spacial score (nSPS) is 12.8. The Balaban J connectivity index is 3.45. The quantitative estimate of drug-likeness (QED) is 0.320. The van der Waals surface area contributed by atoms with Crippen LogP contribution in [-0.4, -0.2) is 53.4 Å². The summed E-state index contributed by atoms with van der Waals surface area (Å²) in [5, 5.41) is 5.61. The molecule has 0 aromatic heterocycles. The second-order valence-corrected chi connectivity index (χ2v) is 10.4. The fraction of sp³-hybridized carbons (Fsp3) is 0.643. The highest BCUT2D eigenvalue weighted by atomic mass is 16.6. The van der Waals surface area contributed by atoms with E-state index in [4.69, 9.17) is 10.5 Å². The van der Waals surface area contributed by atoms with Crippen LogP contribution in [0.4, 0.5) is 4.79 Å². The summed E-state index contributed by atoms with van der Waals surface area (Å²) in [6, 6.07) is 3.70. The van der Waals surface area contributed by atoms with Crippen LogP contribution in [0.1, 0.15) is 95.9 Å². The predicted molar refractivity (Wildman–Crippen MR) is 145 cm³/mol. The number of nitrogens with two attached hydrogens (primary N) is 1. The van der Waals surface area contributed by atoms with Crippen molar-refractivity contribution in [3.8, 4) is 0 Å². The van der Waals surface area contributed by atoms with Gasteiger partial charge in [0.25, 0.3) is 0 Å². The Kier molecular flexibility index (Phi) is 13.1. The highest BCUT2D eigenvalue weighted by Crippen LogP contribution is 2.28. The van der Waals surface area contributed by atoms with Crippen LogP contribution in [0.15, 0.2) is 18.2 Å². The summed E-state index contributed by atoms with van der Waals surface area (Å²) in [7, 11) is 0. The molecular formula is C28H46N4O5. The van der Waals surface area contributed by atoms with Gasteiger partial charge in [0, 0.05) is 19.5 Å². The lowest BCUT2D eigenvalue weighted by Gasteiger charge is -2.35. The van der Waals surface area contributed by atoms with E-state index in [0.717, 1.165) is 36.0 Å². The molecule has 0 radical (unpaired) electrons. The van der Waals surface area contributed by atoms with Crippen LogP contribution < -0.4 is 16.4 Å². The molecular weight excluding hydrogens is 472 g/mol. The first-order chi connectivity index (χ1) is 17.3. The number of hydrogen-bond acceptors (Lipinski definition) is 5. The van der Waals surface area contributed by atoms with Gasteiger partial charge in [0.15, 0.2) is 0 Å². The van der Waals surface area contributed by atoms with E-state index in [-0.39, 0.29) is 25.3 Å². The van der Waals surface area contributed by atoms with Crippen molar-refractivity contribution in [1.82, 2.24) is 15.5 Å². The van der Waals surface area contributed by atoms with E-state index in [1.54, 1.807) is 20.8 Å². The lowest BCUT2D eigenvalue weighted by atomic mass is 9.94. The zero-order chi connectivity index (χ0) is 28.2. The number of carbonyl (C=O) groups is 4. The number of alkyl carbamates (subject to hydrolysis) is 1. The minimum atomic E-state index is -1.09. The molecule has 1 aromatic rings. The minimum Gasteiger partial charge on any atom is -0.444 e. The molecule has 4 amide bonds. The van der Waals surface area contributed by atoms with E-state index in [1.165, 1.54) is 4.90 Å². The minimum absolute atomic E-state index is 0.00867. The van der Waals surface area contributed by atoms with Crippen molar-refractivity contribution in [3.05, 3.63) is 34.9 Å². The molecule has 0 spiro atoms. The summed E-state index contributed by atoms with van der Waals surface area (Å²) >= 11 is 0. The number of ether oxygens (including phenoxy) is 1. The molecule has 37 heavy (non-hydrogen) atoms. The molecule has 0 saturated carbocycles. The Bertz CT molecular complexity index is 926. The number of nitrogens with one attached hydrogen (secondary N) is 2. The summed E-state index contributed by atoms with van der Waals surface area (Å²) in [6.07, 6.45) is 2.54. The molecule has 9 heteroatoms. The van der Waals surface area contributed by atoms with Gasteiger partial charge in [-0.3, -0.25) is 14.4 Å². The third-order valence-electron chi connectivity index (χ3n) is 6.00. The van der Waals surface area contributed by atoms with Gasteiger partial charge >= 0.3 is 6.09 Å². The molecule has 0 saturated heterocycles. The molecule has 208 valence electrons. The zero-order valence-electron chi connectivity index (χ0n) is 23.6. The van der Waals surface area contributed by atoms with Gasteiger partial charge in [-0.15, -0.1) is 0 Å². The average Bonchev–Trinajstić information content (AvgIpc) is 2.80. The maximum absolute atomic E-state index is 14.0. The van der Waals surface area contributed by atoms with Gasteiger partial charge in [0.1, 0.15) is 17.7 Å². The van der Waals surface area contributed by atoms with Crippen LogP contribution >= 0.6 is 0 Å². The maximum atomic E-state index is 14.0. The molecule has 2 unspecified atom stereocenters. The summed E-state index contributed by atoms with van der Waals surface area (Å²) in [6.45, 7) is 13.8. The molecule has 4 N–H and O–H groups in total. The molecule has 0 heterocycles. The molecule has 0 bridgehead atoms. The third kappa shape index (κ3) is 10.8. The van der Waals surface area contributed by atoms with E-state index in [2.05, 4.69) is 17.6 Å².